The molecular weight excluding hydrogens is 332 g/mol. The maximum atomic E-state index is 12.8. The average molecular weight is 362 g/mol. The largest absolute Gasteiger partial charge is 0.465 e. The highest BCUT2D eigenvalue weighted by Crippen LogP contribution is 2.39. The van der Waals surface area contributed by atoms with Crippen molar-refractivity contribution in [2.75, 3.05) is 26.2 Å². The van der Waals surface area contributed by atoms with Gasteiger partial charge in [0.1, 0.15) is 11.2 Å². The lowest BCUT2D eigenvalue weighted by Gasteiger charge is -2.49. The monoisotopic (exact) mass is 362 g/mol. The number of carbonyl (C=O) groups is 2. The summed E-state index contributed by atoms with van der Waals surface area (Å²) in [6.07, 6.45) is 7.50. The number of hydrogen-bond donors (Lipinski definition) is 1. The van der Waals surface area contributed by atoms with Crippen LogP contribution in [0.1, 0.15) is 45.4 Å². The lowest BCUT2D eigenvalue weighted by molar-refractivity contribution is -0.165. The molecule has 0 bridgehead atoms. The molecule has 2 fully saturated rings. The van der Waals surface area contributed by atoms with Crippen molar-refractivity contribution in [3.05, 3.63) is 18.2 Å². The Hall–Kier alpha value is -1.89. The fraction of sp³-hybridized carbons (Fsp3) is 0.737. The summed E-state index contributed by atoms with van der Waals surface area (Å²) in [6.45, 7) is 7.00. The number of rotatable bonds is 6. The highest BCUT2D eigenvalue weighted by atomic mass is 16.5. The molecule has 2 aliphatic rings. The molecule has 7 heteroatoms. The second-order valence-electron chi connectivity index (χ2n) is 7.23. The third kappa shape index (κ3) is 3.63. The molecule has 2 aliphatic heterocycles. The Morgan fingerprint density at radius 1 is 1.42 bits per heavy atom. The minimum atomic E-state index is -0.592. The van der Waals surface area contributed by atoms with Crippen LogP contribution in [0.15, 0.2) is 12.4 Å². The van der Waals surface area contributed by atoms with Crippen LogP contribution in [-0.2, 0) is 27.3 Å². The molecule has 0 radical (unpaired) electrons. The summed E-state index contributed by atoms with van der Waals surface area (Å²) in [4.78, 5) is 31.7. The quantitative estimate of drug-likeness (QED) is 0.774. The van der Waals surface area contributed by atoms with Crippen molar-refractivity contribution in [3.8, 4) is 0 Å². The molecule has 1 amide bonds. The van der Waals surface area contributed by atoms with E-state index < -0.39 is 5.41 Å². The van der Waals surface area contributed by atoms with E-state index in [1.54, 1.807) is 6.20 Å². The van der Waals surface area contributed by atoms with Gasteiger partial charge in [0, 0.05) is 50.9 Å². The first-order valence-corrected chi connectivity index (χ1v) is 9.79. The second kappa shape index (κ2) is 8.20. The topological polar surface area (TPSA) is 76.5 Å². The number of carbonyl (C=O) groups excluding carboxylic acids is 2. The van der Waals surface area contributed by atoms with E-state index in [2.05, 4.69) is 17.2 Å². The molecule has 144 valence electrons. The molecule has 7 nitrogen and oxygen atoms in total. The van der Waals surface area contributed by atoms with Gasteiger partial charge in [-0.2, -0.15) is 0 Å². The minimum absolute atomic E-state index is 0.105. The lowest BCUT2D eigenvalue weighted by atomic mass is 9.70. The van der Waals surface area contributed by atoms with E-state index in [4.69, 9.17) is 4.74 Å². The van der Waals surface area contributed by atoms with E-state index in [1.807, 2.05) is 22.6 Å². The van der Waals surface area contributed by atoms with Crippen molar-refractivity contribution in [1.82, 2.24) is 19.8 Å². The number of nitrogens with zero attached hydrogens (tertiary/aromatic N) is 3. The summed E-state index contributed by atoms with van der Waals surface area (Å²) in [7, 11) is 0. The van der Waals surface area contributed by atoms with Crippen molar-refractivity contribution in [3.63, 3.8) is 0 Å². The van der Waals surface area contributed by atoms with Crippen molar-refractivity contribution in [2.24, 2.45) is 5.41 Å². The third-order valence-electron chi connectivity index (χ3n) is 5.74. The van der Waals surface area contributed by atoms with Gasteiger partial charge in [-0.15, -0.1) is 0 Å². The summed E-state index contributed by atoms with van der Waals surface area (Å²) < 4.78 is 7.43. The Balaban J connectivity index is 1.66. The van der Waals surface area contributed by atoms with Crippen LogP contribution in [0, 0.1) is 5.41 Å². The van der Waals surface area contributed by atoms with E-state index in [9.17, 15) is 9.59 Å². The Kier molecular flexibility index (Phi) is 5.96. The lowest BCUT2D eigenvalue weighted by Crippen LogP contribution is -2.64. The number of ether oxygens (including phenoxy) is 1. The zero-order valence-corrected chi connectivity index (χ0v) is 15.9. The van der Waals surface area contributed by atoms with Gasteiger partial charge in [-0.25, -0.2) is 4.98 Å². The van der Waals surface area contributed by atoms with Crippen LogP contribution in [-0.4, -0.2) is 58.6 Å². The van der Waals surface area contributed by atoms with Crippen molar-refractivity contribution >= 4 is 11.9 Å². The maximum absolute atomic E-state index is 12.8. The van der Waals surface area contributed by atoms with Crippen LogP contribution in [0.5, 0.6) is 0 Å². The molecule has 26 heavy (non-hydrogen) atoms. The molecule has 2 atom stereocenters. The molecule has 2 saturated heterocycles. The molecule has 1 N–H and O–H groups in total. The molecule has 3 rings (SSSR count). The predicted molar refractivity (Wildman–Crippen MR) is 97.5 cm³/mol. The fourth-order valence-corrected chi connectivity index (χ4v) is 4.35. The summed E-state index contributed by atoms with van der Waals surface area (Å²) >= 11 is 0. The normalized spacial score (nSPS) is 25.6. The van der Waals surface area contributed by atoms with Crippen LogP contribution in [0.2, 0.25) is 0 Å². The van der Waals surface area contributed by atoms with Gasteiger partial charge in [0.05, 0.1) is 6.61 Å². The summed E-state index contributed by atoms with van der Waals surface area (Å²) in [5.74, 6) is 0.946. The SMILES string of the molecule is CCOC(=O)[C@@]12CCCN[C@H]1CCN(C(=O)CCn1ccnc1CC)C2. The molecule has 0 aliphatic carbocycles. The maximum Gasteiger partial charge on any atom is 0.315 e. The molecule has 0 unspecified atom stereocenters. The number of esters is 1. The average Bonchev–Trinajstić information content (AvgIpc) is 3.13. The molecule has 1 aromatic rings. The number of fused-ring (bicyclic) bond motifs is 1. The second-order valence-corrected chi connectivity index (χ2v) is 7.23. The molecule has 0 aromatic carbocycles. The van der Waals surface area contributed by atoms with E-state index >= 15 is 0 Å². The number of nitrogens with one attached hydrogen (secondary N) is 1. The molecule has 0 saturated carbocycles. The zero-order chi connectivity index (χ0) is 18.6. The van der Waals surface area contributed by atoms with Gasteiger partial charge in [-0.3, -0.25) is 9.59 Å². The number of amides is 1. The molecule has 1 aromatic heterocycles. The summed E-state index contributed by atoms with van der Waals surface area (Å²) in [6, 6.07) is 0.111. The smallest absolute Gasteiger partial charge is 0.315 e. The number of piperidine rings is 2. The van der Waals surface area contributed by atoms with Crippen LogP contribution in [0.25, 0.3) is 0 Å². The first-order chi connectivity index (χ1) is 12.6. The van der Waals surface area contributed by atoms with Crippen molar-refractivity contribution in [2.45, 2.75) is 58.5 Å². The first kappa shape index (κ1) is 18.9. The molecule has 0 spiro atoms. The van der Waals surface area contributed by atoms with E-state index in [-0.39, 0.29) is 17.9 Å². The number of aromatic nitrogens is 2. The van der Waals surface area contributed by atoms with Crippen molar-refractivity contribution < 1.29 is 14.3 Å². The van der Waals surface area contributed by atoms with Crippen LogP contribution < -0.4 is 5.32 Å². The number of hydrogen-bond acceptors (Lipinski definition) is 5. The Morgan fingerprint density at radius 2 is 2.27 bits per heavy atom. The minimum Gasteiger partial charge on any atom is -0.465 e. The Morgan fingerprint density at radius 3 is 3.04 bits per heavy atom. The van der Waals surface area contributed by atoms with Gasteiger partial charge in [0.15, 0.2) is 0 Å². The first-order valence-electron chi connectivity index (χ1n) is 9.79. The number of likely N-dealkylation sites (tertiary alicyclic amines) is 1. The number of aryl methyl sites for hydroxylation is 2. The summed E-state index contributed by atoms with van der Waals surface area (Å²) in [5.41, 5.74) is -0.592. The van der Waals surface area contributed by atoms with Crippen LogP contribution in [0.4, 0.5) is 0 Å². The fourth-order valence-electron chi connectivity index (χ4n) is 4.35. The predicted octanol–water partition coefficient (Wildman–Crippen LogP) is 1.37. The Labute approximate surface area is 155 Å². The van der Waals surface area contributed by atoms with Gasteiger partial charge in [-0.1, -0.05) is 6.92 Å². The zero-order valence-electron chi connectivity index (χ0n) is 15.9. The molecular formula is C19H30N4O3. The van der Waals surface area contributed by atoms with Gasteiger partial charge in [-0.05, 0) is 32.7 Å². The van der Waals surface area contributed by atoms with Crippen LogP contribution in [0.3, 0.4) is 0 Å². The van der Waals surface area contributed by atoms with Gasteiger partial charge < -0.3 is 19.5 Å². The van der Waals surface area contributed by atoms with Gasteiger partial charge in [0.25, 0.3) is 0 Å². The number of imidazole rings is 1. The van der Waals surface area contributed by atoms with Gasteiger partial charge in [0.2, 0.25) is 5.91 Å². The third-order valence-corrected chi connectivity index (χ3v) is 5.74. The van der Waals surface area contributed by atoms with E-state index in [1.165, 1.54) is 0 Å². The highest BCUT2D eigenvalue weighted by molar-refractivity contribution is 5.81. The highest BCUT2D eigenvalue weighted by Gasteiger charge is 2.52. The summed E-state index contributed by atoms with van der Waals surface area (Å²) in [5, 5.41) is 3.48. The Bertz CT molecular complexity index is 644. The van der Waals surface area contributed by atoms with E-state index in [0.717, 1.165) is 38.1 Å². The molecule has 3 heterocycles. The van der Waals surface area contributed by atoms with Crippen LogP contribution >= 0.6 is 0 Å². The van der Waals surface area contributed by atoms with Crippen molar-refractivity contribution in [1.29, 1.82) is 0 Å². The standard InChI is InChI=1S/C19H30N4O3/c1-3-16-21-10-13-22(16)12-7-17(24)23-11-6-15-19(14-23,8-5-9-20-15)18(25)26-4-2/h10,13,15,20H,3-9,11-12,14H2,1-2H3/t15-,19+/m0/s1. The van der Waals surface area contributed by atoms with Gasteiger partial charge >= 0.3 is 5.97 Å². The van der Waals surface area contributed by atoms with E-state index in [0.29, 0.717) is 32.7 Å².